The van der Waals surface area contributed by atoms with Gasteiger partial charge in [-0.25, -0.2) is 0 Å². The van der Waals surface area contributed by atoms with E-state index in [1.165, 1.54) is 5.56 Å². The van der Waals surface area contributed by atoms with E-state index in [-0.39, 0.29) is 6.61 Å². The standard InChI is InChI=1S/C17H23N3O3/c21-12-17(22)16-10-15-11-19(6-7-20(15)18-16)8-9-23-13-14-4-2-1-3-5-14/h1-5,10,17,21-22H,6-9,11-13H2/t17-/m0/s1. The van der Waals surface area contributed by atoms with Gasteiger partial charge in [-0.1, -0.05) is 30.3 Å². The Morgan fingerprint density at radius 1 is 1.22 bits per heavy atom. The number of nitrogens with zero attached hydrogens (tertiary/aromatic N) is 3. The molecule has 3 rings (SSSR count). The van der Waals surface area contributed by atoms with Crippen LogP contribution >= 0.6 is 0 Å². The third-order valence-corrected chi connectivity index (χ3v) is 4.07. The van der Waals surface area contributed by atoms with Crippen molar-refractivity contribution in [2.75, 3.05) is 26.3 Å². The summed E-state index contributed by atoms with van der Waals surface area (Å²) in [5, 5.41) is 23.0. The van der Waals surface area contributed by atoms with Crippen LogP contribution in [0.4, 0.5) is 0 Å². The maximum atomic E-state index is 9.67. The van der Waals surface area contributed by atoms with Crippen LogP contribution in [0.2, 0.25) is 0 Å². The molecule has 124 valence electrons. The van der Waals surface area contributed by atoms with Gasteiger partial charge in [0.2, 0.25) is 0 Å². The van der Waals surface area contributed by atoms with Crippen molar-refractivity contribution >= 4 is 0 Å². The fourth-order valence-corrected chi connectivity index (χ4v) is 2.75. The summed E-state index contributed by atoms with van der Waals surface area (Å²) in [4.78, 5) is 2.32. The lowest BCUT2D eigenvalue weighted by atomic mass is 10.2. The zero-order valence-corrected chi connectivity index (χ0v) is 13.1. The van der Waals surface area contributed by atoms with Gasteiger partial charge in [0.15, 0.2) is 0 Å². The monoisotopic (exact) mass is 317 g/mol. The van der Waals surface area contributed by atoms with Crippen LogP contribution in [0.5, 0.6) is 0 Å². The van der Waals surface area contributed by atoms with Crippen LogP contribution in [-0.2, 0) is 24.4 Å². The van der Waals surface area contributed by atoms with Crippen LogP contribution in [0.1, 0.15) is 23.1 Å². The molecule has 1 aromatic carbocycles. The Morgan fingerprint density at radius 3 is 2.83 bits per heavy atom. The highest BCUT2D eigenvalue weighted by molar-refractivity contribution is 5.14. The molecule has 0 bridgehead atoms. The highest BCUT2D eigenvalue weighted by Gasteiger charge is 2.20. The minimum absolute atomic E-state index is 0.298. The van der Waals surface area contributed by atoms with E-state index >= 15 is 0 Å². The molecule has 1 atom stereocenters. The van der Waals surface area contributed by atoms with E-state index in [4.69, 9.17) is 9.84 Å². The third-order valence-electron chi connectivity index (χ3n) is 4.07. The van der Waals surface area contributed by atoms with E-state index in [0.29, 0.717) is 18.9 Å². The van der Waals surface area contributed by atoms with Gasteiger partial charge in [0.25, 0.3) is 0 Å². The second kappa shape index (κ2) is 7.70. The molecule has 2 N–H and O–H groups in total. The minimum Gasteiger partial charge on any atom is -0.393 e. The van der Waals surface area contributed by atoms with Crippen molar-refractivity contribution in [3.63, 3.8) is 0 Å². The predicted octanol–water partition coefficient (Wildman–Crippen LogP) is 0.941. The summed E-state index contributed by atoms with van der Waals surface area (Å²) in [7, 11) is 0. The summed E-state index contributed by atoms with van der Waals surface area (Å²) in [6.45, 7) is 4.40. The predicted molar refractivity (Wildman–Crippen MR) is 85.6 cm³/mol. The SMILES string of the molecule is OC[C@H](O)c1cc2n(n1)CCN(CCOCc1ccccc1)C2. The van der Waals surface area contributed by atoms with E-state index in [1.54, 1.807) is 0 Å². The summed E-state index contributed by atoms with van der Waals surface area (Å²) < 4.78 is 7.65. The highest BCUT2D eigenvalue weighted by atomic mass is 16.5. The summed E-state index contributed by atoms with van der Waals surface area (Å²) in [5.74, 6) is 0. The second-order valence-electron chi connectivity index (χ2n) is 5.80. The lowest BCUT2D eigenvalue weighted by Crippen LogP contribution is -2.36. The first kappa shape index (κ1) is 16.1. The molecule has 0 amide bonds. The highest BCUT2D eigenvalue weighted by Crippen LogP contribution is 2.17. The summed E-state index contributed by atoms with van der Waals surface area (Å²) >= 11 is 0. The van der Waals surface area contributed by atoms with Gasteiger partial charge in [-0.2, -0.15) is 5.10 Å². The van der Waals surface area contributed by atoms with Gasteiger partial charge in [-0.05, 0) is 11.6 Å². The maximum Gasteiger partial charge on any atom is 0.121 e. The summed E-state index contributed by atoms with van der Waals surface area (Å²) in [6.07, 6.45) is -0.893. The van der Waals surface area contributed by atoms with Crippen molar-refractivity contribution in [2.45, 2.75) is 25.8 Å². The maximum absolute atomic E-state index is 9.67. The third kappa shape index (κ3) is 4.17. The molecule has 0 spiro atoms. The quantitative estimate of drug-likeness (QED) is 0.744. The van der Waals surface area contributed by atoms with E-state index in [0.717, 1.165) is 31.9 Å². The number of rotatable bonds is 7. The van der Waals surface area contributed by atoms with Gasteiger partial charge in [0, 0.05) is 19.6 Å². The van der Waals surface area contributed by atoms with E-state index < -0.39 is 6.10 Å². The zero-order valence-electron chi connectivity index (χ0n) is 13.1. The Hall–Kier alpha value is -1.73. The van der Waals surface area contributed by atoms with E-state index in [1.807, 2.05) is 28.9 Å². The molecule has 0 unspecified atom stereocenters. The van der Waals surface area contributed by atoms with Gasteiger partial charge >= 0.3 is 0 Å². The smallest absolute Gasteiger partial charge is 0.121 e. The number of hydrogen-bond donors (Lipinski definition) is 2. The van der Waals surface area contributed by atoms with Gasteiger partial charge in [-0.15, -0.1) is 0 Å². The minimum atomic E-state index is -0.893. The molecule has 6 heteroatoms. The Balaban J connectivity index is 1.45. The summed E-state index contributed by atoms with van der Waals surface area (Å²) in [6, 6.07) is 12.0. The normalized spacial score (nSPS) is 16.3. The van der Waals surface area contributed by atoms with Crippen LogP contribution < -0.4 is 0 Å². The molecule has 6 nitrogen and oxygen atoms in total. The van der Waals surface area contributed by atoms with E-state index in [2.05, 4.69) is 22.1 Å². The molecular weight excluding hydrogens is 294 g/mol. The Kier molecular flexibility index (Phi) is 5.40. The van der Waals surface area contributed by atoms with Gasteiger partial charge in [0.05, 0.1) is 37.8 Å². The molecule has 1 aliphatic heterocycles. The first-order chi connectivity index (χ1) is 11.3. The molecule has 0 radical (unpaired) electrons. The van der Waals surface area contributed by atoms with Crippen LogP contribution in [0.3, 0.4) is 0 Å². The van der Waals surface area contributed by atoms with E-state index in [9.17, 15) is 5.11 Å². The van der Waals surface area contributed by atoms with Crippen molar-refractivity contribution < 1.29 is 14.9 Å². The molecule has 2 aromatic rings. The molecule has 0 saturated heterocycles. The van der Waals surface area contributed by atoms with Crippen molar-refractivity contribution in [1.82, 2.24) is 14.7 Å². The molecule has 0 saturated carbocycles. The van der Waals surface area contributed by atoms with Crippen molar-refractivity contribution in [2.24, 2.45) is 0 Å². The van der Waals surface area contributed by atoms with Crippen LogP contribution in [-0.4, -0.2) is 51.2 Å². The topological polar surface area (TPSA) is 70.8 Å². The molecule has 2 heterocycles. The fourth-order valence-electron chi connectivity index (χ4n) is 2.75. The van der Waals surface area contributed by atoms with Crippen molar-refractivity contribution in [3.05, 3.63) is 53.3 Å². The Labute approximate surface area is 135 Å². The number of aliphatic hydroxyl groups is 2. The average Bonchev–Trinajstić information content (AvgIpc) is 3.02. The van der Waals surface area contributed by atoms with Crippen LogP contribution in [0.15, 0.2) is 36.4 Å². The molecule has 0 fully saturated rings. The van der Waals surface area contributed by atoms with Gasteiger partial charge < -0.3 is 14.9 Å². The Morgan fingerprint density at radius 2 is 2.04 bits per heavy atom. The molecule has 23 heavy (non-hydrogen) atoms. The van der Waals surface area contributed by atoms with Crippen molar-refractivity contribution in [3.8, 4) is 0 Å². The first-order valence-corrected chi connectivity index (χ1v) is 7.96. The van der Waals surface area contributed by atoms with Gasteiger partial charge in [-0.3, -0.25) is 9.58 Å². The average molecular weight is 317 g/mol. The van der Waals surface area contributed by atoms with Crippen molar-refractivity contribution in [1.29, 1.82) is 0 Å². The lowest BCUT2D eigenvalue weighted by Gasteiger charge is -2.27. The fraction of sp³-hybridized carbons (Fsp3) is 0.471. The lowest BCUT2D eigenvalue weighted by molar-refractivity contribution is 0.0822. The number of aliphatic hydroxyl groups excluding tert-OH is 2. The molecule has 1 aromatic heterocycles. The zero-order chi connectivity index (χ0) is 16.1. The van der Waals surface area contributed by atoms with Crippen LogP contribution in [0, 0.1) is 0 Å². The number of benzene rings is 1. The largest absolute Gasteiger partial charge is 0.393 e. The number of hydrogen-bond acceptors (Lipinski definition) is 5. The van der Waals surface area contributed by atoms with Crippen LogP contribution in [0.25, 0.3) is 0 Å². The number of aromatic nitrogens is 2. The molecule has 0 aliphatic carbocycles. The Bertz CT molecular complexity index is 615. The second-order valence-corrected chi connectivity index (χ2v) is 5.80. The number of fused-ring (bicyclic) bond motifs is 1. The van der Waals surface area contributed by atoms with Gasteiger partial charge in [0.1, 0.15) is 6.10 Å². The first-order valence-electron chi connectivity index (χ1n) is 7.96. The molecule has 1 aliphatic rings. The summed E-state index contributed by atoms with van der Waals surface area (Å²) in [5.41, 5.74) is 2.80. The number of ether oxygens (including phenoxy) is 1. The molecular formula is C17H23N3O3.